The number of carbonyl (C=O) groups is 1. The molecule has 1 unspecified atom stereocenters. The Hall–Kier alpha value is -1.63. The fourth-order valence-corrected chi connectivity index (χ4v) is 3.32. The summed E-state index contributed by atoms with van der Waals surface area (Å²) < 4.78 is 20.2. The largest absolute Gasteiger partial charge is 0.496 e. The normalized spacial score (nSPS) is 16.9. The van der Waals surface area contributed by atoms with E-state index < -0.39 is 5.82 Å². The smallest absolute Gasteiger partial charge is 0.257 e. The number of para-hydroxylation sites is 1. The molecule has 134 valence electrons. The minimum atomic E-state index is -0.522. The van der Waals surface area contributed by atoms with Crippen LogP contribution in [0.5, 0.6) is 5.75 Å². The first kappa shape index (κ1) is 19.7. The second-order valence-corrected chi connectivity index (χ2v) is 6.50. The predicted octanol–water partition coefficient (Wildman–Crippen LogP) is 3.81. The van der Waals surface area contributed by atoms with Gasteiger partial charge >= 0.3 is 0 Å². The van der Waals surface area contributed by atoms with Gasteiger partial charge in [-0.1, -0.05) is 34.1 Å². The van der Waals surface area contributed by atoms with Gasteiger partial charge in [0.05, 0.1) is 18.7 Å². The van der Waals surface area contributed by atoms with Gasteiger partial charge in [0.2, 0.25) is 0 Å². The van der Waals surface area contributed by atoms with Crippen molar-refractivity contribution in [3.63, 3.8) is 0 Å². The summed E-state index contributed by atoms with van der Waals surface area (Å²) >= 11 is 3.22. The molecule has 1 aliphatic rings. The minimum absolute atomic E-state index is 0. The van der Waals surface area contributed by atoms with Gasteiger partial charge in [-0.05, 0) is 24.3 Å². The number of hydrogen-bond donors (Lipinski definition) is 1. The Kier molecular flexibility index (Phi) is 6.81. The van der Waals surface area contributed by atoms with Gasteiger partial charge < -0.3 is 15.0 Å². The van der Waals surface area contributed by atoms with Gasteiger partial charge in [-0.3, -0.25) is 4.79 Å². The summed E-state index contributed by atoms with van der Waals surface area (Å²) in [7, 11) is 1.61. The predicted molar refractivity (Wildman–Crippen MR) is 101 cm³/mol. The van der Waals surface area contributed by atoms with Gasteiger partial charge in [-0.15, -0.1) is 12.4 Å². The van der Waals surface area contributed by atoms with Crippen molar-refractivity contribution in [1.29, 1.82) is 0 Å². The molecule has 1 saturated heterocycles. The highest BCUT2D eigenvalue weighted by Gasteiger charge is 2.31. The van der Waals surface area contributed by atoms with E-state index in [1.165, 1.54) is 12.1 Å². The fraction of sp³-hybridized carbons (Fsp3) is 0.278. The standard InChI is InChI=1S/C18H18BrFN2O2.ClH/c1-24-17-5-3-2-4-14(17)16-11-21-8-9-22(16)18(23)13-7-6-12(19)10-15(13)20;/h2-7,10,16,21H,8-9,11H2,1H3;1H. The molecule has 0 saturated carbocycles. The zero-order valence-electron chi connectivity index (χ0n) is 13.7. The number of ether oxygens (including phenoxy) is 1. The Morgan fingerprint density at radius 2 is 2.08 bits per heavy atom. The van der Waals surface area contributed by atoms with Gasteiger partial charge in [-0.25, -0.2) is 4.39 Å². The minimum Gasteiger partial charge on any atom is -0.496 e. The van der Waals surface area contributed by atoms with E-state index >= 15 is 0 Å². The lowest BCUT2D eigenvalue weighted by molar-refractivity contribution is 0.0627. The summed E-state index contributed by atoms with van der Waals surface area (Å²) in [5.74, 6) is -0.107. The zero-order valence-corrected chi connectivity index (χ0v) is 16.1. The lowest BCUT2D eigenvalue weighted by Gasteiger charge is -2.37. The van der Waals surface area contributed by atoms with Crippen molar-refractivity contribution < 1.29 is 13.9 Å². The van der Waals surface area contributed by atoms with Crippen LogP contribution in [0.3, 0.4) is 0 Å². The summed E-state index contributed by atoms with van der Waals surface area (Å²) in [5.41, 5.74) is 0.998. The maximum atomic E-state index is 14.2. The molecule has 0 bridgehead atoms. The first-order valence-electron chi connectivity index (χ1n) is 7.71. The van der Waals surface area contributed by atoms with Crippen molar-refractivity contribution in [2.75, 3.05) is 26.7 Å². The van der Waals surface area contributed by atoms with E-state index in [2.05, 4.69) is 21.2 Å². The molecule has 0 spiro atoms. The molecule has 0 aromatic heterocycles. The third kappa shape index (κ3) is 4.14. The van der Waals surface area contributed by atoms with Crippen LogP contribution in [0.15, 0.2) is 46.9 Å². The Morgan fingerprint density at radius 1 is 1.32 bits per heavy atom. The first-order chi connectivity index (χ1) is 11.6. The number of amides is 1. The molecule has 4 nitrogen and oxygen atoms in total. The summed E-state index contributed by atoms with van der Waals surface area (Å²) in [6, 6.07) is 11.9. The van der Waals surface area contributed by atoms with Crippen LogP contribution in [-0.2, 0) is 0 Å². The highest BCUT2D eigenvalue weighted by molar-refractivity contribution is 9.10. The molecular weight excluding hydrogens is 411 g/mol. The topological polar surface area (TPSA) is 41.6 Å². The molecular formula is C18H19BrClFN2O2. The SMILES string of the molecule is COc1ccccc1C1CNCCN1C(=O)c1ccc(Br)cc1F.Cl. The molecule has 0 aliphatic carbocycles. The molecule has 3 rings (SSSR count). The summed E-state index contributed by atoms with van der Waals surface area (Å²) in [5, 5.41) is 3.29. The number of nitrogens with one attached hydrogen (secondary N) is 1. The van der Waals surface area contributed by atoms with Crippen molar-refractivity contribution in [2.24, 2.45) is 0 Å². The second kappa shape index (κ2) is 8.65. The van der Waals surface area contributed by atoms with Crippen LogP contribution in [0.2, 0.25) is 0 Å². The number of hydrogen-bond acceptors (Lipinski definition) is 3. The van der Waals surface area contributed by atoms with Crippen LogP contribution in [0.1, 0.15) is 22.0 Å². The molecule has 0 radical (unpaired) electrons. The van der Waals surface area contributed by atoms with Crippen LogP contribution < -0.4 is 10.1 Å². The van der Waals surface area contributed by atoms with E-state index in [0.29, 0.717) is 24.1 Å². The van der Waals surface area contributed by atoms with E-state index in [0.717, 1.165) is 11.3 Å². The van der Waals surface area contributed by atoms with Crippen molar-refractivity contribution in [2.45, 2.75) is 6.04 Å². The van der Waals surface area contributed by atoms with E-state index in [4.69, 9.17) is 4.74 Å². The zero-order chi connectivity index (χ0) is 17.1. The molecule has 7 heteroatoms. The number of methoxy groups -OCH3 is 1. The van der Waals surface area contributed by atoms with Gasteiger partial charge in [0.25, 0.3) is 5.91 Å². The van der Waals surface area contributed by atoms with E-state index in [-0.39, 0.29) is 29.9 Å². The quantitative estimate of drug-likeness (QED) is 0.807. The third-order valence-electron chi connectivity index (χ3n) is 4.16. The molecule has 1 atom stereocenters. The van der Waals surface area contributed by atoms with Crippen molar-refractivity contribution in [3.05, 3.63) is 63.9 Å². The van der Waals surface area contributed by atoms with Crippen molar-refractivity contribution >= 4 is 34.2 Å². The molecule has 2 aromatic carbocycles. The highest BCUT2D eigenvalue weighted by atomic mass is 79.9. The molecule has 1 N–H and O–H groups in total. The van der Waals surface area contributed by atoms with Crippen LogP contribution >= 0.6 is 28.3 Å². The molecule has 2 aromatic rings. The maximum Gasteiger partial charge on any atom is 0.257 e. The third-order valence-corrected chi connectivity index (χ3v) is 4.66. The molecule has 1 fully saturated rings. The van der Waals surface area contributed by atoms with E-state index in [1.54, 1.807) is 18.1 Å². The Balaban J connectivity index is 0.00000225. The Labute approximate surface area is 160 Å². The van der Waals surface area contributed by atoms with Crippen LogP contribution in [0.4, 0.5) is 4.39 Å². The molecule has 1 amide bonds. The number of nitrogens with zero attached hydrogens (tertiary/aromatic N) is 1. The summed E-state index contributed by atoms with van der Waals surface area (Å²) in [6.07, 6.45) is 0. The Morgan fingerprint density at radius 3 is 2.80 bits per heavy atom. The molecule has 1 aliphatic heterocycles. The monoisotopic (exact) mass is 428 g/mol. The van der Waals surface area contributed by atoms with Gasteiger partial charge in [0.1, 0.15) is 11.6 Å². The molecule has 25 heavy (non-hydrogen) atoms. The maximum absolute atomic E-state index is 14.2. The Bertz CT molecular complexity index is 760. The van der Waals surface area contributed by atoms with Crippen LogP contribution in [-0.4, -0.2) is 37.6 Å². The second-order valence-electron chi connectivity index (χ2n) is 5.58. The van der Waals surface area contributed by atoms with Gasteiger partial charge in [0.15, 0.2) is 0 Å². The molecule has 1 heterocycles. The van der Waals surface area contributed by atoms with Gasteiger partial charge in [0, 0.05) is 29.7 Å². The van der Waals surface area contributed by atoms with Crippen molar-refractivity contribution in [1.82, 2.24) is 10.2 Å². The number of carbonyl (C=O) groups excluding carboxylic acids is 1. The lowest BCUT2D eigenvalue weighted by Crippen LogP contribution is -2.49. The highest BCUT2D eigenvalue weighted by Crippen LogP contribution is 2.31. The lowest BCUT2D eigenvalue weighted by atomic mass is 10.0. The average molecular weight is 430 g/mol. The van der Waals surface area contributed by atoms with Crippen LogP contribution in [0, 0.1) is 5.82 Å². The number of halogens is 3. The van der Waals surface area contributed by atoms with Crippen molar-refractivity contribution in [3.8, 4) is 5.75 Å². The number of rotatable bonds is 3. The van der Waals surface area contributed by atoms with E-state index in [1.807, 2.05) is 24.3 Å². The summed E-state index contributed by atoms with van der Waals surface area (Å²) in [6.45, 7) is 1.79. The van der Waals surface area contributed by atoms with E-state index in [9.17, 15) is 9.18 Å². The van der Waals surface area contributed by atoms with Crippen LogP contribution in [0.25, 0.3) is 0 Å². The first-order valence-corrected chi connectivity index (χ1v) is 8.50. The number of piperazine rings is 1. The average Bonchev–Trinajstić information content (AvgIpc) is 2.61. The number of benzene rings is 2. The fourth-order valence-electron chi connectivity index (χ4n) is 2.98. The summed E-state index contributed by atoms with van der Waals surface area (Å²) in [4.78, 5) is 14.6. The van der Waals surface area contributed by atoms with Gasteiger partial charge in [-0.2, -0.15) is 0 Å².